The summed E-state index contributed by atoms with van der Waals surface area (Å²) in [4.78, 5) is 12.0. The van der Waals surface area contributed by atoms with Crippen molar-refractivity contribution in [3.63, 3.8) is 0 Å². The molecule has 0 aliphatic rings. The first-order valence-electron chi connectivity index (χ1n) is 5.40. The van der Waals surface area contributed by atoms with Crippen LogP contribution in [0.1, 0.15) is 10.4 Å². The van der Waals surface area contributed by atoms with E-state index in [0.29, 0.717) is 11.3 Å². The Bertz CT molecular complexity index is 554. The number of ether oxygens (including phenoxy) is 1. The molecule has 1 aromatic heterocycles. The lowest BCUT2D eigenvalue weighted by Gasteiger charge is -2.01. The van der Waals surface area contributed by atoms with E-state index >= 15 is 0 Å². The zero-order chi connectivity index (χ0) is 13.7. The normalized spacial score (nSPS) is 10.4. The third-order valence-corrected chi connectivity index (χ3v) is 5.33. The van der Waals surface area contributed by atoms with Gasteiger partial charge >= 0.3 is 0 Å². The predicted molar refractivity (Wildman–Crippen MR) is 79.7 cm³/mol. The number of Topliss-reactive ketones (excluding diaryl/α,β-unsaturated/α-hetero) is 1. The highest BCUT2D eigenvalue weighted by atomic mass is 32.2. The van der Waals surface area contributed by atoms with Gasteiger partial charge in [0.25, 0.3) is 0 Å². The van der Waals surface area contributed by atoms with E-state index in [0.717, 1.165) is 14.4 Å². The number of methoxy groups -OCH3 is 1. The number of carbonyl (C=O) groups is 1. The molecule has 0 amide bonds. The Morgan fingerprint density at radius 1 is 1.26 bits per heavy atom. The fourth-order valence-corrected chi connectivity index (χ4v) is 3.66. The van der Waals surface area contributed by atoms with E-state index in [2.05, 4.69) is 10.2 Å². The summed E-state index contributed by atoms with van der Waals surface area (Å²) in [6, 6.07) is 7.12. The van der Waals surface area contributed by atoms with Crippen LogP contribution < -0.4 is 4.74 Å². The summed E-state index contributed by atoms with van der Waals surface area (Å²) < 4.78 is 6.80. The maximum atomic E-state index is 12.0. The third kappa shape index (κ3) is 3.95. The largest absolute Gasteiger partial charge is 0.497 e. The second-order valence-electron chi connectivity index (χ2n) is 3.48. The zero-order valence-corrected chi connectivity index (χ0v) is 12.9. The molecule has 100 valence electrons. The van der Waals surface area contributed by atoms with Gasteiger partial charge in [0.15, 0.2) is 14.5 Å². The third-order valence-electron chi connectivity index (χ3n) is 2.30. The molecule has 0 radical (unpaired) electrons. The highest BCUT2D eigenvalue weighted by Crippen LogP contribution is 2.27. The van der Waals surface area contributed by atoms with Gasteiger partial charge in [-0.05, 0) is 30.5 Å². The number of thioether (sulfide) groups is 2. The predicted octanol–water partition coefficient (Wildman–Crippen LogP) is 3.24. The maximum Gasteiger partial charge on any atom is 0.175 e. The monoisotopic (exact) mass is 312 g/mol. The van der Waals surface area contributed by atoms with Gasteiger partial charge in [0.05, 0.1) is 12.9 Å². The highest BCUT2D eigenvalue weighted by molar-refractivity contribution is 8.03. The highest BCUT2D eigenvalue weighted by Gasteiger charge is 2.09. The van der Waals surface area contributed by atoms with Crippen molar-refractivity contribution < 1.29 is 9.53 Å². The van der Waals surface area contributed by atoms with E-state index in [4.69, 9.17) is 4.74 Å². The summed E-state index contributed by atoms with van der Waals surface area (Å²) in [7, 11) is 1.60. The van der Waals surface area contributed by atoms with E-state index in [-0.39, 0.29) is 5.78 Å². The van der Waals surface area contributed by atoms with E-state index in [1.807, 2.05) is 6.26 Å². The molecule has 7 heteroatoms. The lowest BCUT2D eigenvalue weighted by atomic mass is 10.1. The van der Waals surface area contributed by atoms with E-state index in [1.54, 1.807) is 43.1 Å². The summed E-state index contributed by atoms with van der Waals surface area (Å²) in [5.74, 6) is 1.20. The van der Waals surface area contributed by atoms with Crippen molar-refractivity contribution >= 4 is 40.6 Å². The van der Waals surface area contributed by atoms with Crippen LogP contribution in [0.4, 0.5) is 0 Å². The van der Waals surface area contributed by atoms with Crippen LogP contribution in [0.2, 0.25) is 0 Å². The number of nitrogens with zero attached hydrogens (tertiary/aromatic N) is 2. The van der Waals surface area contributed by atoms with Crippen molar-refractivity contribution in [2.75, 3.05) is 19.1 Å². The molecule has 0 spiro atoms. The molecule has 0 saturated carbocycles. The average molecular weight is 312 g/mol. The van der Waals surface area contributed by atoms with E-state index < -0.39 is 0 Å². The Kier molecular flexibility index (Phi) is 5.24. The van der Waals surface area contributed by atoms with Gasteiger partial charge in [-0.1, -0.05) is 34.9 Å². The van der Waals surface area contributed by atoms with Crippen LogP contribution in [0.3, 0.4) is 0 Å². The molecule has 0 fully saturated rings. The lowest BCUT2D eigenvalue weighted by molar-refractivity contribution is 0.102. The summed E-state index contributed by atoms with van der Waals surface area (Å²) in [6.07, 6.45) is 1.96. The molecule has 0 atom stereocenters. The molecule has 1 heterocycles. The minimum Gasteiger partial charge on any atom is -0.497 e. The number of benzene rings is 1. The summed E-state index contributed by atoms with van der Waals surface area (Å²) in [5.41, 5.74) is 0.683. The van der Waals surface area contributed by atoms with Gasteiger partial charge in [-0.15, -0.1) is 10.2 Å². The van der Waals surface area contributed by atoms with Crippen molar-refractivity contribution in [2.45, 2.75) is 8.68 Å². The summed E-state index contributed by atoms with van der Waals surface area (Å²) >= 11 is 4.49. The quantitative estimate of drug-likeness (QED) is 0.603. The number of rotatable bonds is 6. The van der Waals surface area contributed by atoms with Gasteiger partial charge in [-0.25, -0.2) is 0 Å². The van der Waals surface area contributed by atoms with Crippen molar-refractivity contribution in [3.05, 3.63) is 29.8 Å². The van der Waals surface area contributed by atoms with Crippen LogP contribution in [0.25, 0.3) is 0 Å². The molecule has 0 saturated heterocycles. The molecule has 0 aliphatic carbocycles. The first-order chi connectivity index (χ1) is 9.22. The van der Waals surface area contributed by atoms with Crippen molar-refractivity contribution in [1.82, 2.24) is 10.2 Å². The van der Waals surface area contributed by atoms with Crippen LogP contribution in [-0.4, -0.2) is 35.1 Å². The van der Waals surface area contributed by atoms with Crippen LogP contribution >= 0.6 is 34.9 Å². The Morgan fingerprint density at radius 2 is 1.95 bits per heavy atom. The molecular weight excluding hydrogens is 300 g/mol. The number of ketones is 1. The van der Waals surface area contributed by atoms with Crippen molar-refractivity contribution in [3.8, 4) is 5.75 Å². The van der Waals surface area contributed by atoms with Gasteiger partial charge < -0.3 is 4.74 Å². The van der Waals surface area contributed by atoms with Gasteiger partial charge in [0.2, 0.25) is 0 Å². The second kappa shape index (κ2) is 6.93. The molecule has 2 rings (SSSR count). The topological polar surface area (TPSA) is 52.1 Å². The van der Waals surface area contributed by atoms with Crippen LogP contribution in [0.15, 0.2) is 32.9 Å². The lowest BCUT2D eigenvalue weighted by Crippen LogP contribution is -2.02. The first kappa shape index (κ1) is 14.4. The maximum absolute atomic E-state index is 12.0. The molecule has 19 heavy (non-hydrogen) atoms. The molecule has 0 aliphatic heterocycles. The second-order valence-corrected chi connectivity index (χ2v) is 6.73. The molecule has 0 unspecified atom stereocenters. The Balaban J connectivity index is 1.93. The molecule has 0 N–H and O–H groups in total. The number of hydrogen-bond donors (Lipinski definition) is 0. The zero-order valence-electron chi connectivity index (χ0n) is 10.5. The molecule has 0 bridgehead atoms. The smallest absolute Gasteiger partial charge is 0.175 e. The molecule has 2 aromatic rings. The SMILES string of the molecule is COc1ccc(C(=O)CSc2nnc(SC)s2)cc1. The summed E-state index contributed by atoms with van der Waals surface area (Å²) in [5, 5.41) is 8.01. The van der Waals surface area contributed by atoms with Crippen LogP contribution in [0, 0.1) is 0 Å². The van der Waals surface area contributed by atoms with Gasteiger partial charge in [0, 0.05) is 5.56 Å². The van der Waals surface area contributed by atoms with Crippen molar-refractivity contribution in [1.29, 1.82) is 0 Å². The Morgan fingerprint density at radius 3 is 2.53 bits per heavy atom. The number of aromatic nitrogens is 2. The standard InChI is InChI=1S/C12H12N2O2S3/c1-16-9-5-3-8(4-6-9)10(15)7-18-12-14-13-11(17-2)19-12/h3-6H,7H2,1-2H3. The molecule has 1 aromatic carbocycles. The van der Waals surface area contributed by atoms with Gasteiger partial charge in [-0.3, -0.25) is 4.79 Å². The fraction of sp³-hybridized carbons (Fsp3) is 0.250. The average Bonchev–Trinajstić information content (AvgIpc) is 2.93. The Labute approximate surface area is 124 Å². The van der Waals surface area contributed by atoms with Crippen LogP contribution in [0.5, 0.6) is 5.75 Å². The Hall–Kier alpha value is -1.05. The van der Waals surface area contributed by atoms with Gasteiger partial charge in [0.1, 0.15) is 5.75 Å². The first-order valence-corrected chi connectivity index (χ1v) is 8.43. The number of carbonyl (C=O) groups excluding carboxylic acids is 1. The van der Waals surface area contributed by atoms with Crippen LogP contribution in [-0.2, 0) is 0 Å². The number of hydrogen-bond acceptors (Lipinski definition) is 7. The van der Waals surface area contributed by atoms with Gasteiger partial charge in [-0.2, -0.15) is 0 Å². The van der Waals surface area contributed by atoms with E-state index in [9.17, 15) is 4.79 Å². The minimum atomic E-state index is 0.0774. The van der Waals surface area contributed by atoms with Crippen molar-refractivity contribution in [2.24, 2.45) is 0 Å². The fourth-order valence-electron chi connectivity index (χ4n) is 1.33. The summed E-state index contributed by atoms with van der Waals surface area (Å²) in [6.45, 7) is 0. The molecule has 4 nitrogen and oxygen atoms in total. The molecular formula is C12H12N2O2S3. The minimum absolute atomic E-state index is 0.0774. The van der Waals surface area contributed by atoms with E-state index in [1.165, 1.54) is 23.1 Å².